The number of carbonyl (C=O) groups is 1. The van der Waals surface area contributed by atoms with Crippen LogP contribution in [0.25, 0.3) is 0 Å². The number of nitrogens with zero attached hydrogens (tertiary/aromatic N) is 3. The number of aromatic nitrogens is 1. The molecule has 0 spiro atoms. The summed E-state index contributed by atoms with van der Waals surface area (Å²) in [5.41, 5.74) is 3.65. The third kappa shape index (κ3) is 4.09. The molecule has 6 heteroatoms. The average molecular weight is 339 g/mol. The standard InChI is InChI=1S/C19H25N5O/c1-14-12-16(24-10-8-23(3)9-11-24)5-6-17(14)22-19(25)15-4-7-18(20-2)21-13-15/h4-7,12-13H,8-11H2,1-3H3,(H,20,21)(H,22,25). The van der Waals surface area contributed by atoms with E-state index in [1.165, 1.54) is 5.69 Å². The first-order chi connectivity index (χ1) is 12.1. The van der Waals surface area contributed by atoms with Gasteiger partial charge in [0, 0.05) is 50.8 Å². The minimum absolute atomic E-state index is 0.148. The molecule has 1 aliphatic heterocycles. The van der Waals surface area contributed by atoms with Gasteiger partial charge in [-0.05, 0) is 49.9 Å². The summed E-state index contributed by atoms with van der Waals surface area (Å²) in [7, 11) is 3.95. The predicted octanol–water partition coefficient (Wildman–Crippen LogP) is 2.44. The Kier molecular flexibility index (Phi) is 5.19. The van der Waals surface area contributed by atoms with Crippen LogP contribution in [0.15, 0.2) is 36.5 Å². The molecule has 2 aromatic rings. The van der Waals surface area contributed by atoms with Gasteiger partial charge in [-0.25, -0.2) is 4.98 Å². The number of benzene rings is 1. The molecule has 0 saturated carbocycles. The lowest BCUT2D eigenvalue weighted by molar-refractivity contribution is 0.102. The van der Waals surface area contributed by atoms with Gasteiger partial charge < -0.3 is 20.4 Å². The number of nitrogens with one attached hydrogen (secondary N) is 2. The summed E-state index contributed by atoms with van der Waals surface area (Å²) in [6, 6.07) is 9.76. The molecule has 25 heavy (non-hydrogen) atoms. The maximum atomic E-state index is 12.4. The van der Waals surface area contributed by atoms with Gasteiger partial charge in [-0.1, -0.05) is 0 Å². The lowest BCUT2D eigenvalue weighted by Crippen LogP contribution is -2.44. The van der Waals surface area contributed by atoms with Gasteiger partial charge >= 0.3 is 0 Å². The van der Waals surface area contributed by atoms with Gasteiger partial charge in [-0.15, -0.1) is 0 Å². The fraction of sp³-hybridized carbons (Fsp3) is 0.368. The maximum Gasteiger partial charge on any atom is 0.257 e. The van der Waals surface area contributed by atoms with Gasteiger partial charge in [0.1, 0.15) is 5.82 Å². The first-order valence-corrected chi connectivity index (χ1v) is 8.56. The van der Waals surface area contributed by atoms with Crippen LogP contribution in [0.2, 0.25) is 0 Å². The molecule has 1 aromatic carbocycles. The first-order valence-electron chi connectivity index (χ1n) is 8.56. The largest absolute Gasteiger partial charge is 0.373 e. The van der Waals surface area contributed by atoms with Crippen molar-refractivity contribution < 1.29 is 4.79 Å². The van der Waals surface area contributed by atoms with E-state index in [2.05, 4.69) is 44.6 Å². The Hall–Kier alpha value is -2.60. The second-order valence-corrected chi connectivity index (χ2v) is 6.43. The number of anilines is 3. The van der Waals surface area contributed by atoms with Gasteiger partial charge in [0.2, 0.25) is 0 Å². The van der Waals surface area contributed by atoms with Crippen molar-refractivity contribution in [2.75, 3.05) is 55.8 Å². The molecular weight excluding hydrogens is 314 g/mol. The summed E-state index contributed by atoms with van der Waals surface area (Å²) in [5, 5.41) is 5.92. The molecule has 6 nitrogen and oxygen atoms in total. The molecule has 0 atom stereocenters. The van der Waals surface area contributed by atoms with E-state index in [0.717, 1.165) is 43.2 Å². The maximum absolute atomic E-state index is 12.4. The van der Waals surface area contributed by atoms with Gasteiger partial charge in [-0.3, -0.25) is 4.79 Å². The van der Waals surface area contributed by atoms with Crippen LogP contribution in [0.1, 0.15) is 15.9 Å². The van der Waals surface area contributed by atoms with E-state index >= 15 is 0 Å². The molecule has 1 saturated heterocycles. The Morgan fingerprint density at radius 1 is 1.12 bits per heavy atom. The highest BCUT2D eigenvalue weighted by atomic mass is 16.1. The molecule has 2 N–H and O–H groups in total. The van der Waals surface area contributed by atoms with Crippen LogP contribution in [0.3, 0.4) is 0 Å². The highest BCUT2D eigenvalue weighted by molar-refractivity contribution is 6.04. The number of aryl methyl sites for hydroxylation is 1. The molecule has 1 fully saturated rings. The fourth-order valence-corrected chi connectivity index (χ4v) is 2.92. The molecule has 1 amide bonds. The monoisotopic (exact) mass is 339 g/mol. The van der Waals surface area contributed by atoms with Gasteiger partial charge in [0.05, 0.1) is 5.56 Å². The van der Waals surface area contributed by atoms with Crippen LogP contribution < -0.4 is 15.5 Å². The van der Waals surface area contributed by atoms with E-state index in [-0.39, 0.29) is 5.91 Å². The minimum atomic E-state index is -0.148. The van der Waals surface area contributed by atoms with E-state index < -0.39 is 0 Å². The summed E-state index contributed by atoms with van der Waals surface area (Å²) < 4.78 is 0. The number of hydrogen-bond donors (Lipinski definition) is 2. The fourth-order valence-electron chi connectivity index (χ4n) is 2.92. The zero-order chi connectivity index (χ0) is 17.8. The van der Waals surface area contributed by atoms with Crippen molar-refractivity contribution in [1.82, 2.24) is 9.88 Å². The zero-order valence-electron chi connectivity index (χ0n) is 15.0. The zero-order valence-corrected chi connectivity index (χ0v) is 15.0. The Labute approximate surface area is 148 Å². The van der Waals surface area contributed by atoms with Crippen molar-refractivity contribution in [3.63, 3.8) is 0 Å². The third-order valence-corrected chi connectivity index (χ3v) is 4.61. The first kappa shape index (κ1) is 17.2. The lowest BCUT2D eigenvalue weighted by atomic mass is 10.1. The smallest absolute Gasteiger partial charge is 0.257 e. The van der Waals surface area contributed by atoms with Crippen LogP contribution in [0.5, 0.6) is 0 Å². The van der Waals surface area contributed by atoms with E-state index in [9.17, 15) is 4.79 Å². The van der Waals surface area contributed by atoms with E-state index in [0.29, 0.717) is 5.56 Å². The second kappa shape index (κ2) is 7.53. The van der Waals surface area contributed by atoms with Crippen molar-refractivity contribution in [3.8, 4) is 0 Å². The Morgan fingerprint density at radius 2 is 1.88 bits per heavy atom. The molecule has 0 aliphatic carbocycles. The summed E-state index contributed by atoms with van der Waals surface area (Å²) >= 11 is 0. The molecule has 0 bridgehead atoms. The van der Waals surface area contributed by atoms with Crippen molar-refractivity contribution in [2.45, 2.75) is 6.92 Å². The molecule has 3 rings (SSSR count). The quantitative estimate of drug-likeness (QED) is 0.896. The van der Waals surface area contributed by atoms with E-state index in [1.807, 2.05) is 13.0 Å². The molecule has 1 aliphatic rings. The van der Waals surface area contributed by atoms with Crippen LogP contribution in [-0.2, 0) is 0 Å². The van der Waals surface area contributed by atoms with Crippen molar-refractivity contribution >= 4 is 23.1 Å². The summed E-state index contributed by atoms with van der Waals surface area (Å²) in [6.45, 7) is 6.24. The van der Waals surface area contributed by atoms with Crippen molar-refractivity contribution in [3.05, 3.63) is 47.7 Å². The molecule has 0 radical (unpaired) electrons. The van der Waals surface area contributed by atoms with Gasteiger partial charge in [0.15, 0.2) is 0 Å². The van der Waals surface area contributed by atoms with E-state index in [1.54, 1.807) is 25.4 Å². The Bertz CT molecular complexity index is 736. The van der Waals surface area contributed by atoms with Crippen molar-refractivity contribution in [2.24, 2.45) is 0 Å². The number of pyridine rings is 1. The Morgan fingerprint density at radius 3 is 2.48 bits per heavy atom. The van der Waals surface area contributed by atoms with Gasteiger partial charge in [0.25, 0.3) is 5.91 Å². The van der Waals surface area contributed by atoms with Gasteiger partial charge in [-0.2, -0.15) is 0 Å². The number of piperazine rings is 1. The normalized spacial score (nSPS) is 15.1. The van der Waals surface area contributed by atoms with Crippen LogP contribution in [0.4, 0.5) is 17.2 Å². The summed E-state index contributed by atoms with van der Waals surface area (Å²) in [6.07, 6.45) is 1.58. The molecule has 132 valence electrons. The molecule has 2 heterocycles. The third-order valence-electron chi connectivity index (χ3n) is 4.61. The number of amides is 1. The second-order valence-electron chi connectivity index (χ2n) is 6.43. The highest BCUT2D eigenvalue weighted by Gasteiger charge is 2.15. The molecular formula is C19H25N5O. The van der Waals surface area contributed by atoms with Crippen molar-refractivity contribution in [1.29, 1.82) is 0 Å². The number of rotatable bonds is 4. The predicted molar refractivity (Wildman–Crippen MR) is 103 cm³/mol. The van der Waals surface area contributed by atoms with Crippen LogP contribution in [-0.4, -0.2) is 56.1 Å². The topological polar surface area (TPSA) is 60.5 Å². The average Bonchev–Trinajstić information content (AvgIpc) is 2.64. The number of likely N-dealkylation sites (N-methyl/N-ethyl adjacent to an activating group) is 1. The minimum Gasteiger partial charge on any atom is -0.373 e. The lowest BCUT2D eigenvalue weighted by Gasteiger charge is -2.34. The van der Waals surface area contributed by atoms with Crippen LogP contribution in [0, 0.1) is 6.92 Å². The highest BCUT2D eigenvalue weighted by Crippen LogP contribution is 2.24. The number of carbonyl (C=O) groups excluding carboxylic acids is 1. The molecule has 1 aromatic heterocycles. The SMILES string of the molecule is CNc1ccc(C(=O)Nc2ccc(N3CCN(C)CC3)cc2C)cn1. The van der Waals surface area contributed by atoms with E-state index in [4.69, 9.17) is 0 Å². The number of hydrogen-bond acceptors (Lipinski definition) is 5. The van der Waals surface area contributed by atoms with Crippen LogP contribution >= 0.6 is 0 Å². The summed E-state index contributed by atoms with van der Waals surface area (Å²) in [4.78, 5) is 21.3. The Balaban J connectivity index is 1.69. The molecule has 0 unspecified atom stereocenters. The summed E-state index contributed by atoms with van der Waals surface area (Å²) in [5.74, 6) is 0.592.